The van der Waals surface area contributed by atoms with Gasteiger partial charge in [0, 0.05) is 13.1 Å². The van der Waals surface area contributed by atoms with Crippen LogP contribution in [-0.2, 0) is 4.79 Å². The van der Waals surface area contributed by atoms with E-state index < -0.39 is 0 Å². The summed E-state index contributed by atoms with van der Waals surface area (Å²) in [7, 11) is 0. The molecule has 0 heterocycles. The van der Waals surface area contributed by atoms with Gasteiger partial charge < -0.3 is 11.1 Å². The van der Waals surface area contributed by atoms with E-state index in [1.165, 1.54) is 0 Å². The molecule has 1 unspecified atom stereocenters. The number of rotatable bonds is 5. The van der Waals surface area contributed by atoms with Crippen molar-refractivity contribution < 1.29 is 4.79 Å². The van der Waals surface area contributed by atoms with E-state index in [2.05, 4.69) is 39.9 Å². The standard InChI is InChI=1S/C14H30N2O/c1-10(2)11(8-15)12(17)16-9-14(6,7)13(3,4)5/h10-11H,8-9,15H2,1-7H3,(H,16,17). The van der Waals surface area contributed by atoms with Crippen molar-refractivity contribution in [3.05, 3.63) is 0 Å². The fraction of sp³-hybridized carbons (Fsp3) is 0.929. The van der Waals surface area contributed by atoms with Gasteiger partial charge in [-0.25, -0.2) is 0 Å². The van der Waals surface area contributed by atoms with Crippen molar-refractivity contribution in [2.45, 2.75) is 48.5 Å². The predicted molar refractivity (Wildman–Crippen MR) is 73.6 cm³/mol. The lowest BCUT2D eigenvalue weighted by Crippen LogP contribution is -2.45. The lowest BCUT2D eigenvalue weighted by atomic mass is 9.69. The van der Waals surface area contributed by atoms with Gasteiger partial charge in [0.15, 0.2) is 0 Å². The maximum absolute atomic E-state index is 12.0. The number of nitrogens with two attached hydrogens (primary N) is 1. The Hall–Kier alpha value is -0.570. The highest BCUT2D eigenvalue weighted by molar-refractivity contribution is 5.79. The number of hydrogen-bond donors (Lipinski definition) is 2. The topological polar surface area (TPSA) is 55.1 Å². The molecule has 0 aromatic heterocycles. The van der Waals surface area contributed by atoms with Gasteiger partial charge in [0.1, 0.15) is 0 Å². The molecule has 0 aliphatic carbocycles. The molecular weight excluding hydrogens is 212 g/mol. The van der Waals surface area contributed by atoms with Crippen molar-refractivity contribution in [2.75, 3.05) is 13.1 Å². The second kappa shape index (κ2) is 5.85. The number of hydrogen-bond acceptors (Lipinski definition) is 2. The molecule has 3 heteroatoms. The van der Waals surface area contributed by atoms with Crippen LogP contribution in [0.4, 0.5) is 0 Å². The zero-order valence-electron chi connectivity index (χ0n) is 12.6. The van der Waals surface area contributed by atoms with E-state index in [0.717, 1.165) is 0 Å². The number of carbonyl (C=O) groups excluding carboxylic acids is 1. The Morgan fingerprint density at radius 1 is 1.18 bits per heavy atom. The molecule has 1 amide bonds. The van der Waals surface area contributed by atoms with Gasteiger partial charge in [-0.3, -0.25) is 4.79 Å². The zero-order valence-corrected chi connectivity index (χ0v) is 12.6. The second-order valence-electron chi connectivity index (χ2n) is 6.94. The van der Waals surface area contributed by atoms with Crippen LogP contribution >= 0.6 is 0 Å². The minimum atomic E-state index is -0.0780. The number of nitrogens with one attached hydrogen (secondary N) is 1. The van der Waals surface area contributed by atoms with Crippen molar-refractivity contribution in [2.24, 2.45) is 28.4 Å². The second-order valence-corrected chi connectivity index (χ2v) is 6.94. The molecule has 17 heavy (non-hydrogen) atoms. The minimum Gasteiger partial charge on any atom is -0.355 e. The molecule has 3 N–H and O–H groups in total. The highest BCUT2D eigenvalue weighted by Crippen LogP contribution is 2.37. The maximum Gasteiger partial charge on any atom is 0.224 e. The lowest BCUT2D eigenvalue weighted by Gasteiger charge is -2.39. The van der Waals surface area contributed by atoms with Gasteiger partial charge in [-0.2, -0.15) is 0 Å². The first kappa shape index (κ1) is 16.4. The molecule has 0 fully saturated rings. The van der Waals surface area contributed by atoms with Gasteiger partial charge in [0.2, 0.25) is 5.91 Å². The summed E-state index contributed by atoms with van der Waals surface area (Å²) in [6.45, 7) is 16.1. The van der Waals surface area contributed by atoms with E-state index in [9.17, 15) is 4.79 Å². The largest absolute Gasteiger partial charge is 0.355 e. The van der Waals surface area contributed by atoms with E-state index in [1.54, 1.807) is 0 Å². The molecule has 0 aromatic carbocycles. The van der Waals surface area contributed by atoms with Crippen molar-refractivity contribution in [3.63, 3.8) is 0 Å². The van der Waals surface area contributed by atoms with Gasteiger partial charge in [0.05, 0.1) is 5.92 Å². The fourth-order valence-electron chi connectivity index (χ4n) is 1.39. The van der Waals surface area contributed by atoms with Crippen molar-refractivity contribution >= 4 is 5.91 Å². The predicted octanol–water partition coefficient (Wildman–Crippen LogP) is 2.41. The van der Waals surface area contributed by atoms with Crippen LogP contribution < -0.4 is 11.1 Å². The van der Waals surface area contributed by atoms with Crippen LogP contribution in [0.5, 0.6) is 0 Å². The summed E-state index contributed by atoms with van der Waals surface area (Å²) in [5.41, 5.74) is 5.87. The Balaban J connectivity index is 4.43. The molecule has 0 saturated carbocycles. The molecule has 0 rings (SSSR count). The van der Waals surface area contributed by atoms with E-state index in [1.807, 2.05) is 13.8 Å². The molecule has 3 nitrogen and oxygen atoms in total. The van der Waals surface area contributed by atoms with Crippen molar-refractivity contribution in [1.29, 1.82) is 0 Å². The Morgan fingerprint density at radius 3 is 1.94 bits per heavy atom. The molecule has 102 valence electrons. The summed E-state index contributed by atoms with van der Waals surface area (Å²) in [6, 6.07) is 0. The molecule has 0 bridgehead atoms. The Bertz CT molecular complexity index is 251. The van der Waals surface area contributed by atoms with Gasteiger partial charge in [-0.15, -0.1) is 0 Å². The third-order valence-electron chi connectivity index (χ3n) is 4.13. The van der Waals surface area contributed by atoms with Crippen LogP contribution in [0.3, 0.4) is 0 Å². The molecule has 0 aliphatic heterocycles. The zero-order chi connectivity index (χ0) is 13.9. The fourth-order valence-corrected chi connectivity index (χ4v) is 1.39. The molecule has 0 spiro atoms. The van der Waals surface area contributed by atoms with Crippen LogP contribution in [0.15, 0.2) is 0 Å². The summed E-state index contributed by atoms with van der Waals surface area (Å²) in [6.07, 6.45) is 0. The van der Waals surface area contributed by atoms with Gasteiger partial charge in [-0.05, 0) is 16.7 Å². The minimum absolute atomic E-state index is 0.0682. The quantitative estimate of drug-likeness (QED) is 0.778. The van der Waals surface area contributed by atoms with E-state index in [-0.39, 0.29) is 28.6 Å². The Morgan fingerprint density at radius 2 is 1.65 bits per heavy atom. The third-order valence-corrected chi connectivity index (χ3v) is 4.13. The van der Waals surface area contributed by atoms with Gasteiger partial charge in [0.25, 0.3) is 0 Å². The van der Waals surface area contributed by atoms with Gasteiger partial charge in [-0.1, -0.05) is 48.5 Å². The average Bonchev–Trinajstić information content (AvgIpc) is 2.13. The smallest absolute Gasteiger partial charge is 0.224 e. The molecule has 0 saturated heterocycles. The Kier molecular flexibility index (Phi) is 5.66. The molecular formula is C14H30N2O. The SMILES string of the molecule is CC(C)C(CN)C(=O)NCC(C)(C)C(C)(C)C. The van der Waals surface area contributed by atoms with Crippen LogP contribution in [0.1, 0.15) is 48.5 Å². The van der Waals surface area contributed by atoms with E-state index >= 15 is 0 Å². The highest BCUT2D eigenvalue weighted by atomic mass is 16.1. The average molecular weight is 242 g/mol. The number of carbonyl (C=O) groups is 1. The van der Waals surface area contributed by atoms with Crippen LogP contribution in [0, 0.1) is 22.7 Å². The first-order valence-corrected chi connectivity index (χ1v) is 6.50. The normalized spacial score (nSPS) is 14.9. The first-order chi connectivity index (χ1) is 7.53. The maximum atomic E-state index is 12.0. The molecule has 0 radical (unpaired) electrons. The summed E-state index contributed by atoms with van der Waals surface area (Å²) in [5.74, 6) is 0.295. The van der Waals surface area contributed by atoms with Gasteiger partial charge >= 0.3 is 0 Å². The van der Waals surface area contributed by atoms with E-state index in [0.29, 0.717) is 13.1 Å². The lowest BCUT2D eigenvalue weighted by molar-refractivity contribution is -0.126. The van der Waals surface area contributed by atoms with Crippen LogP contribution in [0.2, 0.25) is 0 Å². The first-order valence-electron chi connectivity index (χ1n) is 6.50. The van der Waals surface area contributed by atoms with Crippen molar-refractivity contribution in [1.82, 2.24) is 5.32 Å². The highest BCUT2D eigenvalue weighted by Gasteiger charge is 2.33. The summed E-state index contributed by atoms with van der Waals surface area (Å²) >= 11 is 0. The van der Waals surface area contributed by atoms with Crippen molar-refractivity contribution in [3.8, 4) is 0 Å². The third kappa shape index (κ3) is 4.66. The summed E-state index contributed by atoms with van der Waals surface area (Å²) < 4.78 is 0. The summed E-state index contributed by atoms with van der Waals surface area (Å²) in [5, 5.41) is 3.04. The molecule has 0 aliphatic rings. The summed E-state index contributed by atoms with van der Waals surface area (Å²) in [4.78, 5) is 12.0. The van der Waals surface area contributed by atoms with E-state index in [4.69, 9.17) is 5.73 Å². The molecule has 0 aromatic rings. The Labute approximate surface area is 107 Å². The van der Waals surface area contributed by atoms with Crippen LogP contribution in [0.25, 0.3) is 0 Å². The monoisotopic (exact) mass is 242 g/mol. The van der Waals surface area contributed by atoms with Crippen LogP contribution in [-0.4, -0.2) is 19.0 Å². The number of amides is 1. The molecule has 1 atom stereocenters.